The number of likely N-dealkylation sites (tertiary alicyclic amines) is 1. The summed E-state index contributed by atoms with van der Waals surface area (Å²) in [6.07, 6.45) is 2.38. The van der Waals surface area contributed by atoms with Crippen LogP contribution in [-0.4, -0.2) is 23.9 Å². The van der Waals surface area contributed by atoms with E-state index in [2.05, 4.69) is 29.5 Å². The maximum Gasteiger partial charge on any atom is 0.253 e. The topological polar surface area (TPSA) is 20.3 Å². The van der Waals surface area contributed by atoms with Gasteiger partial charge in [0.05, 0.1) is 0 Å². The van der Waals surface area contributed by atoms with Crippen molar-refractivity contribution in [2.75, 3.05) is 13.1 Å². The highest BCUT2D eigenvalue weighted by molar-refractivity contribution is 14.1. The summed E-state index contributed by atoms with van der Waals surface area (Å²) in [5.74, 6) is 0.824. The number of amides is 1. The van der Waals surface area contributed by atoms with Crippen LogP contribution in [0.1, 0.15) is 30.1 Å². The number of carbonyl (C=O) groups excluding carboxylic acids is 1. The van der Waals surface area contributed by atoms with Crippen molar-refractivity contribution >= 4 is 28.5 Å². The van der Waals surface area contributed by atoms with E-state index in [1.54, 1.807) is 0 Å². The standard InChI is InChI=1S/C13H16INO/c1-10-3-2-8-15(9-10)13(16)11-4-6-12(14)7-5-11/h4-7,10H,2-3,8-9H2,1H3/t10-/m0/s1. The first-order valence-electron chi connectivity index (χ1n) is 5.71. The Labute approximate surface area is 110 Å². The zero-order chi connectivity index (χ0) is 11.5. The highest BCUT2D eigenvalue weighted by Gasteiger charge is 2.21. The molecule has 0 radical (unpaired) electrons. The molecule has 1 atom stereocenters. The average molecular weight is 329 g/mol. The van der Waals surface area contributed by atoms with E-state index in [-0.39, 0.29) is 5.91 Å². The highest BCUT2D eigenvalue weighted by Crippen LogP contribution is 2.18. The molecule has 86 valence electrons. The van der Waals surface area contributed by atoms with Crippen LogP contribution in [0.2, 0.25) is 0 Å². The third-order valence-corrected chi connectivity index (χ3v) is 3.75. The molecule has 1 amide bonds. The summed E-state index contributed by atoms with van der Waals surface area (Å²) < 4.78 is 1.17. The smallest absolute Gasteiger partial charge is 0.253 e. The molecule has 1 fully saturated rings. The van der Waals surface area contributed by atoms with E-state index < -0.39 is 0 Å². The van der Waals surface area contributed by atoms with Crippen LogP contribution < -0.4 is 0 Å². The van der Waals surface area contributed by atoms with Crippen LogP contribution in [0.4, 0.5) is 0 Å². The normalized spacial score (nSPS) is 20.9. The summed E-state index contributed by atoms with van der Waals surface area (Å²) in [6, 6.07) is 7.81. The Balaban J connectivity index is 2.09. The van der Waals surface area contributed by atoms with Crippen LogP contribution in [0.25, 0.3) is 0 Å². The highest BCUT2D eigenvalue weighted by atomic mass is 127. The number of benzene rings is 1. The fraction of sp³-hybridized carbons (Fsp3) is 0.462. The Bertz CT molecular complexity index is 374. The van der Waals surface area contributed by atoms with Crippen LogP contribution in [-0.2, 0) is 0 Å². The minimum absolute atomic E-state index is 0.183. The van der Waals surface area contributed by atoms with Crippen molar-refractivity contribution in [3.8, 4) is 0 Å². The number of carbonyl (C=O) groups is 1. The predicted octanol–water partition coefficient (Wildman–Crippen LogP) is 3.16. The fourth-order valence-corrected chi connectivity index (χ4v) is 2.51. The molecule has 0 bridgehead atoms. The molecule has 0 spiro atoms. The van der Waals surface area contributed by atoms with Gasteiger partial charge in [-0.15, -0.1) is 0 Å². The molecule has 2 nitrogen and oxygen atoms in total. The van der Waals surface area contributed by atoms with Gasteiger partial charge in [0.15, 0.2) is 0 Å². The van der Waals surface area contributed by atoms with Crippen LogP contribution in [0, 0.1) is 9.49 Å². The molecule has 1 saturated heterocycles. The van der Waals surface area contributed by atoms with Crippen molar-refractivity contribution in [2.45, 2.75) is 19.8 Å². The van der Waals surface area contributed by atoms with Gasteiger partial charge in [0.1, 0.15) is 0 Å². The van der Waals surface area contributed by atoms with Crippen LogP contribution in [0.15, 0.2) is 24.3 Å². The monoisotopic (exact) mass is 329 g/mol. The SMILES string of the molecule is C[C@H]1CCCN(C(=O)c2ccc(I)cc2)C1. The maximum absolute atomic E-state index is 12.2. The van der Waals surface area contributed by atoms with E-state index in [1.165, 1.54) is 9.99 Å². The molecule has 0 N–H and O–H groups in total. The Morgan fingerprint density at radius 3 is 2.69 bits per heavy atom. The third-order valence-electron chi connectivity index (χ3n) is 3.04. The number of hydrogen-bond donors (Lipinski definition) is 0. The molecule has 2 rings (SSSR count). The second-order valence-corrected chi connectivity index (χ2v) is 5.75. The lowest BCUT2D eigenvalue weighted by Gasteiger charge is -2.31. The van der Waals surface area contributed by atoms with Gasteiger partial charge in [0, 0.05) is 22.2 Å². The largest absolute Gasteiger partial charge is 0.338 e. The molecule has 1 aliphatic rings. The molecule has 0 unspecified atom stereocenters. The summed E-state index contributed by atoms with van der Waals surface area (Å²) in [5, 5.41) is 0. The fourth-order valence-electron chi connectivity index (χ4n) is 2.15. The Morgan fingerprint density at radius 2 is 2.06 bits per heavy atom. The molecule has 1 aliphatic heterocycles. The number of rotatable bonds is 1. The number of nitrogens with zero attached hydrogens (tertiary/aromatic N) is 1. The first-order valence-corrected chi connectivity index (χ1v) is 6.79. The van der Waals surface area contributed by atoms with Crippen molar-refractivity contribution in [1.29, 1.82) is 0 Å². The quantitative estimate of drug-likeness (QED) is 0.725. The predicted molar refractivity (Wildman–Crippen MR) is 73.5 cm³/mol. The van der Waals surface area contributed by atoms with E-state index >= 15 is 0 Å². The van der Waals surface area contributed by atoms with Gasteiger partial charge in [-0.05, 0) is 65.6 Å². The molecule has 0 aliphatic carbocycles. The van der Waals surface area contributed by atoms with Gasteiger partial charge in [-0.3, -0.25) is 4.79 Å². The first-order chi connectivity index (χ1) is 7.66. The minimum atomic E-state index is 0.183. The number of piperidine rings is 1. The lowest BCUT2D eigenvalue weighted by Crippen LogP contribution is -2.39. The Kier molecular flexibility index (Phi) is 3.84. The summed E-state index contributed by atoms with van der Waals surface area (Å²) in [6.45, 7) is 4.04. The average Bonchev–Trinajstić information content (AvgIpc) is 2.29. The van der Waals surface area contributed by atoms with Gasteiger partial charge in [-0.2, -0.15) is 0 Å². The molecule has 3 heteroatoms. The van der Waals surface area contributed by atoms with E-state index in [4.69, 9.17) is 0 Å². The van der Waals surface area contributed by atoms with Gasteiger partial charge < -0.3 is 4.90 Å². The van der Waals surface area contributed by atoms with Crippen LogP contribution in [0.5, 0.6) is 0 Å². The molecule has 0 saturated carbocycles. The maximum atomic E-state index is 12.2. The van der Waals surface area contributed by atoms with Gasteiger partial charge in [0.25, 0.3) is 5.91 Å². The van der Waals surface area contributed by atoms with Crippen molar-refractivity contribution in [3.05, 3.63) is 33.4 Å². The van der Waals surface area contributed by atoms with Crippen LogP contribution in [0.3, 0.4) is 0 Å². The van der Waals surface area contributed by atoms with Gasteiger partial charge in [-0.1, -0.05) is 6.92 Å². The summed E-state index contributed by atoms with van der Waals surface area (Å²) in [5.41, 5.74) is 0.814. The minimum Gasteiger partial charge on any atom is -0.338 e. The third kappa shape index (κ3) is 2.75. The van der Waals surface area contributed by atoms with Crippen molar-refractivity contribution < 1.29 is 4.79 Å². The molecular formula is C13H16INO. The number of hydrogen-bond acceptors (Lipinski definition) is 1. The van der Waals surface area contributed by atoms with Gasteiger partial charge >= 0.3 is 0 Å². The van der Waals surface area contributed by atoms with Crippen molar-refractivity contribution in [1.82, 2.24) is 4.90 Å². The first kappa shape index (κ1) is 11.9. The Morgan fingerprint density at radius 1 is 1.38 bits per heavy atom. The Hall–Kier alpha value is -0.580. The second kappa shape index (κ2) is 5.17. The van der Waals surface area contributed by atoms with E-state index in [9.17, 15) is 4.79 Å². The lowest BCUT2D eigenvalue weighted by atomic mass is 9.99. The zero-order valence-electron chi connectivity index (χ0n) is 9.45. The lowest BCUT2D eigenvalue weighted by molar-refractivity contribution is 0.0683. The molecule has 0 aromatic heterocycles. The zero-order valence-corrected chi connectivity index (χ0v) is 11.6. The van der Waals surface area contributed by atoms with E-state index in [1.807, 2.05) is 29.2 Å². The molecule has 1 aromatic rings. The second-order valence-electron chi connectivity index (χ2n) is 4.51. The summed E-state index contributed by atoms with van der Waals surface area (Å²) >= 11 is 2.25. The molecule has 1 heterocycles. The summed E-state index contributed by atoms with van der Waals surface area (Å²) in [7, 11) is 0. The van der Waals surface area contributed by atoms with Crippen molar-refractivity contribution in [2.24, 2.45) is 5.92 Å². The summed E-state index contributed by atoms with van der Waals surface area (Å²) in [4.78, 5) is 14.2. The van der Waals surface area contributed by atoms with E-state index in [0.717, 1.165) is 25.1 Å². The van der Waals surface area contributed by atoms with Gasteiger partial charge in [-0.25, -0.2) is 0 Å². The van der Waals surface area contributed by atoms with E-state index in [0.29, 0.717) is 5.92 Å². The molecule has 16 heavy (non-hydrogen) atoms. The van der Waals surface area contributed by atoms with Crippen molar-refractivity contribution in [3.63, 3.8) is 0 Å². The molecule has 1 aromatic carbocycles. The number of halogens is 1. The van der Waals surface area contributed by atoms with Crippen LogP contribution >= 0.6 is 22.6 Å². The molecular weight excluding hydrogens is 313 g/mol. The van der Waals surface area contributed by atoms with Gasteiger partial charge in [0.2, 0.25) is 0 Å².